The van der Waals surface area contributed by atoms with Crippen LogP contribution in [0.4, 0.5) is 0 Å². The highest BCUT2D eigenvalue weighted by Crippen LogP contribution is 2.24. The van der Waals surface area contributed by atoms with Gasteiger partial charge < -0.3 is 16.0 Å². The predicted octanol–water partition coefficient (Wildman–Crippen LogP) is 5.15. The Morgan fingerprint density at radius 2 is 1.29 bits per heavy atom. The van der Waals surface area contributed by atoms with E-state index >= 15 is 0 Å². The highest BCUT2D eigenvalue weighted by molar-refractivity contribution is 6.09. The van der Waals surface area contributed by atoms with Gasteiger partial charge >= 0.3 is 0 Å². The number of amides is 2. The Morgan fingerprint density at radius 1 is 0.707 bits per heavy atom. The molecule has 6 heteroatoms. The van der Waals surface area contributed by atoms with Crippen LogP contribution in [-0.4, -0.2) is 41.1 Å². The molecule has 208 valence electrons. The number of nitrogens with zero attached hydrogens (tertiary/aromatic N) is 1. The van der Waals surface area contributed by atoms with Gasteiger partial charge in [0.05, 0.1) is 0 Å². The maximum atomic E-state index is 13.8. The minimum atomic E-state index is -0.674. The first-order valence-electron chi connectivity index (χ1n) is 14.2. The van der Waals surface area contributed by atoms with Crippen molar-refractivity contribution in [2.75, 3.05) is 6.54 Å². The van der Waals surface area contributed by atoms with Crippen LogP contribution in [0.25, 0.3) is 11.1 Å². The molecule has 1 heterocycles. The van der Waals surface area contributed by atoms with Crippen molar-refractivity contribution in [1.29, 1.82) is 0 Å². The molecule has 41 heavy (non-hydrogen) atoms. The number of ketones is 1. The standard InChI is InChI=1S/C35H35N3O3/c36-22-8-7-13-32-34(40)37-31(23-25-14-20-30(21-15-25)33(39)29-11-5-2-6-12-29)35(41)38(32)24-26-16-18-28(19-17-26)27-9-3-1-4-10-27/h1-6,9-12,14-21,31-32H,7-8,13,22-24,36H2,(H,37,40). The molecule has 5 rings (SSSR count). The SMILES string of the molecule is NCCCCC1C(=O)NC(Cc2ccc(C(=O)c3ccccc3)cc2)C(=O)N1Cc1ccc(-c2ccccc2)cc1. The van der Waals surface area contributed by atoms with Crippen LogP contribution in [0.2, 0.25) is 0 Å². The Hall–Kier alpha value is -4.55. The highest BCUT2D eigenvalue weighted by Gasteiger charge is 2.40. The van der Waals surface area contributed by atoms with Gasteiger partial charge in [-0.2, -0.15) is 0 Å². The number of nitrogens with one attached hydrogen (secondary N) is 1. The number of hydrogen-bond donors (Lipinski definition) is 2. The third-order valence-electron chi connectivity index (χ3n) is 7.61. The number of benzene rings is 4. The summed E-state index contributed by atoms with van der Waals surface area (Å²) in [6.07, 6.45) is 2.49. The number of carbonyl (C=O) groups is 3. The van der Waals surface area contributed by atoms with Crippen molar-refractivity contribution in [2.24, 2.45) is 5.73 Å². The molecule has 2 unspecified atom stereocenters. The van der Waals surface area contributed by atoms with E-state index in [1.807, 2.05) is 60.7 Å². The fourth-order valence-corrected chi connectivity index (χ4v) is 5.33. The van der Waals surface area contributed by atoms with E-state index in [4.69, 9.17) is 5.73 Å². The molecule has 1 aliphatic heterocycles. The summed E-state index contributed by atoms with van der Waals surface area (Å²) in [5, 5.41) is 2.97. The molecule has 0 spiro atoms. The first-order valence-corrected chi connectivity index (χ1v) is 14.2. The Bertz CT molecular complexity index is 1470. The lowest BCUT2D eigenvalue weighted by Crippen LogP contribution is -2.63. The van der Waals surface area contributed by atoms with E-state index in [0.717, 1.165) is 35.1 Å². The van der Waals surface area contributed by atoms with Gasteiger partial charge in [-0.3, -0.25) is 14.4 Å². The second-order valence-electron chi connectivity index (χ2n) is 10.5. The summed E-state index contributed by atoms with van der Waals surface area (Å²) in [4.78, 5) is 41.6. The molecule has 3 N–H and O–H groups in total. The molecule has 0 bridgehead atoms. The van der Waals surface area contributed by atoms with Crippen LogP contribution >= 0.6 is 0 Å². The van der Waals surface area contributed by atoms with Crippen LogP contribution in [0.5, 0.6) is 0 Å². The molecule has 4 aromatic carbocycles. The van der Waals surface area contributed by atoms with Crippen molar-refractivity contribution in [2.45, 2.75) is 44.3 Å². The summed E-state index contributed by atoms with van der Waals surface area (Å²) in [6.45, 7) is 0.907. The van der Waals surface area contributed by atoms with Crippen molar-refractivity contribution in [3.8, 4) is 11.1 Å². The zero-order valence-corrected chi connectivity index (χ0v) is 23.0. The van der Waals surface area contributed by atoms with Gasteiger partial charge in [0, 0.05) is 24.1 Å². The normalized spacial score (nSPS) is 16.9. The zero-order chi connectivity index (χ0) is 28.6. The van der Waals surface area contributed by atoms with E-state index in [0.29, 0.717) is 37.1 Å². The molecule has 0 aliphatic carbocycles. The number of nitrogens with two attached hydrogens (primary N) is 1. The summed E-state index contributed by atoms with van der Waals surface area (Å²) in [6, 6.07) is 33.5. The lowest BCUT2D eigenvalue weighted by atomic mass is 9.95. The molecule has 1 saturated heterocycles. The number of carbonyl (C=O) groups excluding carboxylic acids is 3. The van der Waals surface area contributed by atoms with Crippen LogP contribution in [-0.2, 0) is 22.6 Å². The van der Waals surface area contributed by atoms with Crippen LogP contribution in [0.15, 0.2) is 109 Å². The predicted molar refractivity (Wildman–Crippen MR) is 161 cm³/mol. The molecule has 1 aliphatic rings. The zero-order valence-electron chi connectivity index (χ0n) is 23.0. The Labute approximate surface area is 241 Å². The quantitative estimate of drug-likeness (QED) is 0.201. The Morgan fingerprint density at radius 3 is 1.95 bits per heavy atom. The highest BCUT2D eigenvalue weighted by atomic mass is 16.2. The number of rotatable bonds is 11. The molecule has 0 saturated carbocycles. The van der Waals surface area contributed by atoms with Crippen molar-refractivity contribution >= 4 is 17.6 Å². The second-order valence-corrected chi connectivity index (χ2v) is 10.5. The third-order valence-corrected chi connectivity index (χ3v) is 7.61. The minimum Gasteiger partial charge on any atom is -0.342 e. The number of unbranched alkanes of at least 4 members (excludes halogenated alkanes) is 1. The van der Waals surface area contributed by atoms with Crippen LogP contribution < -0.4 is 11.1 Å². The van der Waals surface area contributed by atoms with E-state index in [2.05, 4.69) is 29.6 Å². The fourth-order valence-electron chi connectivity index (χ4n) is 5.33. The molecular formula is C35H35N3O3. The van der Waals surface area contributed by atoms with Crippen LogP contribution in [0, 0.1) is 0 Å². The van der Waals surface area contributed by atoms with Crippen molar-refractivity contribution in [1.82, 2.24) is 10.2 Å². The molecule has 2 amide bonds. The van der Waals surface area contributed by atoms with Gasteiger partial charge in [0.2, 0.25) is 11.8 Å². The maximum Gasteiger partial charge on any atom is 0.246 e. The van der Waals surface area contributed by atoms with Gasteiger partial charge in [-0.05, 0) is 48.1 Å². The van der Waals surface area contributed by atoms with Crippen molar-refractivity contribution in [3.63, 3.8) is 0 Å². The average Bonchev–Trinajstić information content (AvgIpc) is 3.02. The monoisotopic (exact) mass is 545 g/mol. The van der Waals surface area contributed by atoms with E-state index in [1.165, 1.54) is 0 Å². The molecule has 6 nitrogen and oxygen atoms in total. The largest absolute Gasteiger partial charge is 0.342 e. The van der Waals surface area contributed by atoms with E-state index in [9.17, 15) is 14.4 Å². The fraction of sp³-hybridized carbons (Fsp3) is 0.229. The molecule has 0 radical (unpaired) electrons. The van der Waals surface area contributed by atoms with Crippen molar-refractivity contribution < 1.29 is 14.4 Å². The van der Waals surface area contributed by atoms with E-state index < -0.39 is 12.1 Å². The topological polar surface area (TPSA) is 92.5 Å². The molecular weight excluding hydrogens is 510 g/mol. The van der Waals surface area contributed by atoms with Gasteiger partial charge in [0.25, 0.3) is 0 Å². The van der Waals surface area contributed by atoms with Gasteiger partial charge in [-0.25, -0.2) is 0 Å². The average molecular weight is 546 g/mol. The summed E-state index contributed by atoms with van der Waals surface area (Å²) < 4.78 is 0. The molecule has 0 aromatic heterocycles. The Balaban J connectivity index is 1.31. The molecule has 1 fully saturated rings. The van der Waals surface area contributed by atoms with Crippen LogP contribution in [0.3, 0.4) is 0 Å². The van der Waals surface area contributed by atoms with Crippen molar-refractivity contribution in [3.05, 3.63) is 131 Å². The minimum absolute atomic E-state index is 0.0519. The van der Waals surface area contributed by atoms with Gasteiger partial charge in [0.1, 0.15) is 12.1 Å². The number of hydrogen-bond acceptors (Lipinski definition) is 4. The Kier molecular flexibility index (Phi) is 9.02. The number of piperazine rings is 1. The summed E-state index contributed by atoms with van der Waals surface area (Å²) in [7, 11) is 0. The van der Waals surface area contributed by atoms with Gasteiger partial charge in [0.15, 0.2) is 5.78 Å². The lowest BCUT2D eigenvalue weighted by molar-refractivity contribution is -0.150. The van der Waals surface area contributed by atoms with Crippen LogP contribution in [0.1, 0.15) is 46.3 Å². The first-order chi connectivity index (χ1) is 20.0. The lowest BCUT2D eigenvalue weighted by Gasteiger charge is -2.39. The van der Waals surface area contributed by atoms with Gasteiger partial charge in [-0.1, -0.05) is 109 Å². The molecule has 4 aromatic rings. The maximum absolute atomic E-state index is 13.8. The summed E-state index contributed by atoms with van der Waals surface area (Å²) in [5.41, 5.74) is 11.0. The first kappa shape index (κ1) is 28.0. The van der Waals surface area contributed by atoms with E-state index in [-0.39, 0.29) is 17.6 Å². The van der Waals surface area contributed by atoms with E-state index in [1.54, 1.807) is 29.2 Å². The smallest absolute Gasteiger partial charge is 0.246 e. The third kappa shape index (κ3) is 6.79. The molecule has 2 atom stereocenters. The van der Waals surface area contributed by atoms with Gasteiger partial charge in [-0.15, -0.1) is 0 Å². The summed E-state index contributed by atoms with van der Waals surface area (Å²) in [5.74, 6) is -0.286. The second kappa shape index (κ2) is 13.2. The summed E-state index contributed by atoms with van der Waals surface area (Å²) >= 11 is 0.